The predicted octanol–water partition coefficient (Wildman–Crippen LogP) is 4.09. The van der Waals surface area contributed by atoms with Gasteiger partial charge in [0, 0.05) is 29.6 Å². The molecular formula is C29H30N6O4. The first-order valence-corrected chi connectivity index (χ1v) is 13.1. The highest BCUT2D eigenvalue weighted by Gasteiger charge is 2.32. The first-order valence-electron chi connectivity index (χ1n) is 13.1. The second-order valence-electron chi connectivity index (χ2n) is 9.73. The zero-order chi connectivity index (χ0) is 26.6. The lowest BCUT2D eigenvalue weighted by molar-refractivity contribution is 0.0901. The van der Waals surface area contributed by atoms with Crippen LogP contribution in [0.1, 0.15) is 41.6 Å². The zero-order valence-corrected chi connectivity index (χ0v) is 21.7. The van der Waals surface area contributed by atoms with E-state index in [1.807, 2.05) is 54.6 Å². The summed E-state index contributed by atoms with van der Waals surface area (Å²) >= 11 is 0. The molecule has 0 bridgehead atoms. The summed E-state index contributed by atoms with van der Waals surface area (Å²) < 4.78 is 18.9. The average Bonchev–Trinajstić information content (AvgIpc) is 3.75. The number of nitrogens with one attached hydrogen (secondary N) is 1. The Morgan fingerprint density at radius 2 is 2.03 bits per heavy atom. The van der Waals surface area contributed by atoms with E-state index in [0.29, 0.717) is 36.8 Å². The lowest BCUT2D eigenvalue weighted by Crippen LogP contribution is -2.35. The smallest absolute Gasteiger partial charge is 0.253 e. The molecule has 0 aliphatic carbocycles. The molecule has 1 aliphatic rings. The molecule has 1 fully saturated rings. The van der Waals surface area contributed by atoms with Crippen molar-refractivity contribution in [1.29, 1.82) is 0 Å². The summed E-state index contributed by atoms with van der Waals surface area (Å²) in [5.41, 5.74) is 2.14. The molecule has 10 nitrogen and oxygen atoms in total. The van der Waals surface area contributed by atoms with Crippen molar-refractivity contribution in [2.45, 2.75) is 44.6 Å². The number of nitrogens with zero attached hydrogens (tertiary/aromatic N) is 5. The SMILES string of the molecule is COc1ccc2[nH]c(=O)c([C@H](c3nnnn3C[C@H]3CCCO3)N(Cc3ccccc3)Cc3ccco3)cc2c1. The van der Waals surface area contributed by atoms with Gasteiger partial charge in [-0.15, -0.1) is 5.10 Å². The number of benzene rings is 2. The van der Waals surface area contributed by atoms with Crippen molar-refractivity contribution in [1.82, 2.24) is 30.1 Å². The topological polar surface area (TPSA) is 111 Å². The van der Waals surface area contributed by atoms with E-state index >= 15 is 0 Å². The van der Waals surface area contributed by atoms with Crippen molar-refractivity contribution in [2.75, 3.05) is 13.7 Å². The first kappa shape index (κ1) is 25.0. The molecule has 2 atom stereocenters. The molecule has 200 valence electrons. The number of fused-ring (bicyclic) bond motifs is 1. The molecule has 0 spiro atoms. The molecule has 5 aromatic rings. The standard InChI is InChI=1S/C29H30N6O4/c1-37-22-11-12-26-21(15-22)16-25(29(36)30-26)27(28-31-32-33-35(28)19-24-10-6-14-39-24)34(18-23-9-5-13-38-23)17-20-7-3-2-4-8-20/h2-5,7-9,11-13,15-16,24,27H,6,10,14,17-19H2,1H3,(H,30,36)/t24-,27-/m1/s1. The lowest BCUT2D eigenvalue weighted by atomic mass is 10.0. The molecule has 3 aromatic heterocycles. The van der Waals surface area contributed by atoms with E-state index in [1.165, 1.54) is 0 Å². The number of hydrogen-bond donors (Lipinski definition) is 1. The maximum absolute atomic E-state index is 13.7. The van der Waals surface area contributed by atoms with Crippen molar-refractivity contribution in [3.63, 3.8) is 0 Å². The largest absolute Gasteiger partial charge is 0.497 e. The van der Waals surface area contributed by atoms with E-state index < -0.39 is 6.04 Å². The van der Waals surface area contributed by atoms with Crippen molar-refractivity contribution >= 4 is 10.9 Å². The maximum atomic E-state index is 13.7. The molecule has 0 saturated carbocycles. The minimum Gasteiger partial charge on any atom is -0.497 e. The van der Waals surface area contributed by atoms with Gasteiger partial charge in [0.05, 0.1) is 32.6 Å². The Kier molecular flexibility index (Phi) is 7.20. The summed E-state index contributed by atoms with van der Waals surface area (Å²) in [6, 6.07) is 20.8. The average molecular weight is 527 g/mol. The van der Waals surface area contributed by atoms with E-state index in [-0.39, 0.29) is 11.7 Å². The Morgan fingerprint density at radius 3 is 2.79 bits per heavy atom. The normalized spacial score (nSPS) is 16.2. The van der Waals surface area contributed by atoms with Gasteiger partial charge in [0.15, 0.2) is 5.82 Å². The number of H-pyrrole nitrogens is 1. The fourth-order valence-corrected chi connectivity index (χ4v) is 5.21. The minimum absolute atomic E-state index is 0.0275. The van der Waals surface area contributed by atoms with Crippen LogP contribution in [0.2, 0.25) is 0 Å². The number of rotatable bonds is 10. The van der Waals surface area contributed by atoms with E-state index in [2.05, 4.69) is 37.5 Å². The van der Waals surface area contributed by atoms with Gasteiger partial charge in [0.2, 0.25) is 0 Å². The number of hydrogen-bond acceptors (Lipinski definition) is 8. The molecule has 4 heterocycles. The van der Waals surface area contributed by atoms with Gasteiger partial charge in [0.25, 0.3) is 5.56 Å². The van der Waals surface area contributed by atoms with Gasteiger partial charge in [0.1, 0.15) is 17.6 Å². The molecule has 10 heteroatoms. The van der Waals surface area contributed by atoms with Crippen LogP contribution in [0, 0.1) is 0 Å². The summed E-state index contributed by atoms with van der Waals surface area (Å²) in [6.45, 7) is 2.22. The second-order valence-corrected chi connectivity index (χ2v) is 9.73. The van der Waals surface area contributed by atoms with Gasteiger partial charge < -0.3 is 18.9 Å². The fourth-order valence-electron chi connectivity index (χ4n) is 5.21. The Bertz CT molecular complexity index is 1570. The summed E-state index contributed by atoms with van der Waals surface area (Å²) in [5, 5.41) is 13.7. The summed E-state index contributed by atoms with van der Waals surface area (Å²) in [6.07, 6.45) is 3.64. The van der Waals surface area contributed by atoms with Crippen LogP contribution < -0.4 is 10.3 Å². The summed E-state index contributed by atoms with van der Waals surface area (Å²) in [7, 11) is 1.63. The Hall–Kier alpha value is -4.28. The molecule has 1 N–H and O–H groups in total. The van der Waals surface area contributed by atoms with Crippen LogP contribution in [0.15, 0.2) is 82.2 Å². The molecule has 1 saturated heterocycles. The van der Waals surface area contributed by atoms with E-state index in [1.54, 1.807) is 18.1 Å². The predicted molar refractivity (Wildman–Crippen MR) is 144 cm³/mol. The third kappa shape index (κ3) is 5.47. The molecule has 0 radical (unpaired) electrons. The molecule has 1 aliphatic heterocycles. The highest BCUT2D eigenvalue weighted by Crippen LogP contribution is 2.31. The quantitative estimate of drug-likeness (QED) is 0.290. The molecular weight excluding hydrogens is 496 g/mol. The van der Waals surface area contributed by atoms with Gasteiger partial charge in [-0.1, -0.05) is 30.3 Å². The summed E-state index contributed by atoms with van der Waals surface area (Å²) in [4.78, 5) is 18.9. The van der Waals surface area contributed by atoms with Crippen LogP contribution in [0.5, 0.6) is 5.75 Å². The maximum Gasteiger partial charge on any atom is 0.253 e. The van der Waals surface area contributed by atoms with Crippen molar-refractivity contribution < 1.29 is 13.9 Å². The monoisotopic (exact) mass is 526 g/mol. The number of ether oxygens (including phenoxy) is 2. The van der Waals surface area contributed by atoms with E-state index in [9.17, 15) is 4.79 Å². The van der Waals surface area contributed by atoms with Crippen LogP contribution >= 0.6 is 0 Å². The van der Waals surface area contributed by atoms with E-state index in [4.69, 9.17) is 13.9 Å². The molecule has 0 unspecified atom stereocenters. The van der Waals surface area contributed by atoms with E-state index in [0.717, 1.165) is 41.7 Å². The Labute approximate surface area is 225 Å². The number of aromatic amines is 1. The third-order valence-electron chi connectivity index (χ3n) is 7.11. The fraction of sp³-hybridized carbons (Fsp3) is 0.310. The van der Waals surface area contributed by atoms with Crippen LogP contribution in [0.25, 0.3) is 10.9 Å². The van der Waals surface area contributed by atoms with Gasteiger partial charge in [-0.2, -0.15) is 0 Å². The number of methoxy groups -OCH3 is 1. The van der Waals surface area contributed by atoms with Gasteiger partial charge >= 0.3 is 0 Å². The number of aromatic nitrogens is 5. The molecule has 2 aromatic carbocycles. The van der Waals surface area contributed by atoms with Gasteiger partial charge in [-0.3, -0.25) is 9.69 Å². The number of tetrazole rings is 1. The zero-order valence-electron chi connectivity index (χ0n) is 21.7. The summed E-state index contributed by atoms with van der Waals surface area (Å²) in [5.74, 6) is 2.05. The molecule has 0 amide bonds. The van der Waals surface area contributed by atoms with Crippen LogP contribution in [-0.4, -0.2) is 49.9 Å². The molecule has 39 heavy (non-hydrogen) atoms. The van der Waals surface area contributed by atoms with Crippen LogP contribution in [-0.2, 0) is 24.4 Å². The van der Waals surface area contributed by atoms with Crippen LogP contribution in [0.4, 0.5) is 0 Å². The Morgan fingerprint density at radius 1 is 1.13 bits per heavy atom. The minimum atomic E-state index is -0.578. The third-order valence-corrected chi connectivity index (χ3v) is 7.11. The van der Waals surface area contributed by atoms with Gasteiger partial charge in [-0.05, 0) is 65.2 Å². The number of pyridine rings is 1. The number of furan rings is 1. The second kappa shape index (κ2) is 11.2. The highest BCUT2D eigenvalue weighted by atomic mass is 16.5. The first-order chi connectivity index (χ1) is 19.2. The molecule has 6 rings (SSSR count). The van der Waals surface area contributed by atoms with Crippen molar-refractivity contribution in [3.05, 3.63) is 106 Å². The van der Waals surface area contributed by atoms with Crippen molar-refractivity contribution in [3.8, 4) is 5.75 Å². The van der Waals surface area contributed by atoms with Crippen molar-refractivity contribution in [2.24, 2.45) is 0 Å². The van der Waals surface area contributed by atoms with Crippen LogP contribution in [0.3, 0.4) is 0 Å². The Balaban J connectivity index is 1.50. The lowest BCUT2D eigenvalue weighted by Gasteiger charge is -2.30. The van der Waals surface area contributed by atoms with Gasteiger partial charge in [-0.25, -0.2) is 4.68 Å². The highest BCUT2D eigenvalue weighted by molar-refractivity contribution is 5.80.